The van der Waals surface area contributed by atoms with Crippen molar-refractivity contribution in [1.29, 1.82) is 0 Å². The maximum absolute atomic E-state index is 12.8. The highest BCUT2D eigenvalue weighted by Gasteiger charge is 2.52. The monoisotopic (exact) mass is 329 g/mol. The summed E-state index contributed by atoms with van der Waals surface area (Å²) in [6.45, 7) is 1.79. The standard InChI is InChI=1S/C16H18F3NO3/c1-2-4-12(13(21)22)20-14(23)15(7-8-15)10-5-3-6-11(9-10)16(17,18)19/h3,5-6,9,12H,2,4,7-8H2,1H3,(H,20,23)(H,21,22). The molecular formula is C16H18F3NO3. The van der Waals surface area contributed by atoms with Gasteiger partial charge in [-0.3, -0.25) is 4.79 Å². The largest absolute Gasteiger partial charge is 0.480 e. The van der Waals surface area contributed by atoms with Crippen molar-refractivity contribution >= 4 is 11.9 Å². The van der Waals surface area contributed by atoms with Crippen LogP contribution >= 0.6 is 0 Å². The molecule has 2 rings (SSSR count). The predicted molar refractivity (Wildman–Crippen MR) is 76.8 cm³/mol. The number of nitrogens with one attached hydrogen (secondary N) is 1. The number of hydrogen-bond donors (Lipinski definition) is 2. The van der Waals surface area contributed by atoms with E-state index in [1.54, 1.807) is 6.92 Å². The number of carboxylic acid groups (broad SMARTS) is 1. The van der Waals surface area contributed by atoms with Crippen molar-refractivity contribution in [3.05, 3.63) is 35.4 Å². The van der Waals surface area contributed by atoms with Gasteiger partial charge in [0.1, 0.15) is 6.04 Å². The van der Waals surface area contributed by atoms with E-state index in [2.05, 4.69) is 5.32 Å². The van der Waals surface area contributed by atoms with E-state index in [1.165, 1.54) is 12.1 Å². The van der Waals surface area contributed by atoms with Crippen molar-refractivity contribution in [1.82, 2.24) is 5.32 Å². The molecule has 23 heavy (non-hydrogen) atoms. The van der Waals surface area contributed by atoms with E-state index in [0.29, 0.717) is 19.3 Å². The van der Waals surface area contributed by atoms with Crippen LogP contribution in [0.15, 0.2) is 24.3 Å². The summed E-state index contributed by atoms with van der Waals surface area (Å²) in [5.41, 5.74) is -1.56. The van der Waals surface area contributed by atoms with Crippen molar-refractivity contribution in [2.75, 3.05) is 0 Å². The van der Waals surface area contributed by atoms with Crippen LogP contribution in [0.4, 0.5) is 13.2 Å². The van der Waals surface area contributed by atoms with Gasteiger partial charge < -0.3 is 10.4 Å². The van der Waals surface area contributed by atoms with Gasteiger partial charge in [-0.15, -0.1) is 0 Å². The first kappa shape index (κ1) is 17.3. The van der Waals surface area contributed by atoms with E-state index in [1.807, 2.05) is 0 Å². The molecule has 1 aromatic rings. The minimum Gasteiger partial charge on any atom is -0.480 e. The zero-order valence-electron chi connectivity index (χ0n) is 12.6. The minimum atomic E-state index is -4.48. The summed E-state index contributed by atoms with van der Waals surface area (Å²) in [6.07, 6.45) is -2.79. The molecule has 0 spiro atoms. The van der Waals surface area contributed by atoms with Crippen LogP contribution in [-0.2, 0) is 21.2 Å². The lowest BCUT2D eigenvalue weighted by Crippen LogP contribution is -2.45. The number of amides is 1. The van der Waals surface area contributed by atoms with E-state index >= 15 is 0 Å². The second-order valence-electron chi connectivity index (χ2n) is 5.81. The van der Waals surface area contributed by atoms with Gasteiger partial charge in [0.25, 0.3) is 0 Å². The van der Waals surface area contributed by atoms with Gasteiger partial charge in [0.2, 0.25) is 5.91 Å². The fourth-order valence-corrected chi connectivity index (χ4v) is 2.61. The van der Waals surface area contributed by atoms with Gasteiger partial charge in [0.15, 0.2) is 0 Å². The number of alkyl halides is 3. The topological polar surface area (TPSA) is 66.4 Å². The molecule has 1 unspecified atom stereocenters. The highest BCUT2D eigenvalue weighted by atomic mass is 19.4. The quantitative estimate of drug-likeness (QED) is 0.843. The number of hydrogen-bond acceptors (Lipinski definition) is 2. The van der Waals surface area contributed by atoms with E-state index < -0.39 is 35.1 Å². The highest BCUT2D eigenvalue weighted by molar-refractivity contribution is 5.94. The number of rotatable bonds is 6. The number of carboxylic acids is 1. The van der Waals surface area contributed by atoms with Crippen molar-refractivity contribution in [3.8, 4) is 0 Å². The van der Waals surface area contributed by atoms with E-state index in [-0.39, 0.29) is 12.0 Å². The maximum Gasteiger partial charge on any atom is 0.416 e. The summed E-state index contributed by atoms with van der Waals surface area (Å²) in [7, 11) is 0. The Labute approximate surface area is 131 Å². The first-order valence-electron chi connectivity index (χ1n) is 7.42. The molecule has 0 heterocycles. The van der Waals surface area contributed by atoms with E-state index in [4.69, 9.17) is 5.11 Å². The number of benzene rings is 1. The van der Waals surface area contributed by atoms with Crippen molar-refractivity contribution in [2.45, 2.75) is 50.2 Å². The zero-order chi connectivity index (χ0) is 17.3. The van der Waals surface area contributed by atoms with E-state index in [0.717, 1.165) is 12.1 Å². The third-order valence-electron chi connectivity index (χ3n) is 4.11. The lowest BCUT2D eigenvalue weighted by atomic mass is 9.92. The van der Waals surface area contributed by atoms with Gasteiger partial charge in [-0.2, -0.15) is 13.2 Å². The van der Waals surface area contributed by atoms with Crippen LogP contribution in [0.1, 0.15) is 43.7 Å². The molecule has 0 aliphatic heterocycles. The Kier molecular flexibility index (Phi) is 4.68. The molecule has 1 fully saturated rings. The third kappa shape index (κ3) is 3.65. The Morgan fingerprint density at radius 2 is 2.00 bits per heavy atom. The number of halogens is 3. The summed E-state index contributed by atoms with van der Waals surface area (Å²) >= 11 is 0. The molecular weight excluding hydrogens is 311 g/mol. The molecule has 1 aliphatic rings. The Morgan fingerprint density at radius 1 is 1.35 bits per heavy atom. The van der Waals surface area contributed by atoms with Crippen LogP contribution in [0.3, 0.4) is 0 Å². The molecule has 4 nitrogen and oxygen atoms in total. The lowest BCUT2D eigenvalue weighted by molar-refractivity contribution is -0.142. The normalized spacial score (nSPS) is 17.4. The average molecular weight is 329 g/mol. The van der Waals surface area contributed by atoms with Crippen molar-refractivity contribution < 1.29 is 27.9 Å². The Bertz CT molecular complexity index is 609. The van der Waals surface area contributed by atoms with Crippen LogP contribution in [0.25, 0.3) is 0 Å². The molecule has 2 N–H and O–H groups in total. The average Bonchev–Trinajstić information content (AvgIpc) is 3.27. The van der Waals surface area contributed by atoms with Crippen LogP contribution < -0.4 is 5.32 Å². The smallest absolute Gasteiger partial charge is 0.416 e. The van der Waals surface area contributed by atoms with Crippen LogP contribution in [0, 0.1) is 0 Å². The summed E-state index contributed by atoms with van der Waals surface area (Å²) < 4.78 is 38.4. The SMILES string of the molecule is CCCC(NC(=O)C1(c2cccc(C(F)(F)F)c2)CC1)C(=O)O. The lowest BCUT2D eigenvalue weighted by Gasteiger charge is -2.20. The third-order valence-corrected chi connectivity index (χ3v) is 4.11. The molecule has 0 saturated heterocycles. The molecule has 7 heteroatoms. The molecule has 126 valence electrons. The Balaban J connectivity index is 2.22. The highest BCUT2D eigenvalue weighted by Crippen LogP contribution is 2.49. The second kappa shape index (κ2) is 6.22. The van der Waals surface area contributed by atoms with Crippen molar-refractivity contribution in [3.63, 3.8) is 0 Å². The Hall–Kier alpha value is -2.05. The van der Waals surface area contributed by atoms with Gasteiger partial charge in [0.05, 0.1) is 11.0 Å². The van der Waals surface area contributed by atoms with E-state index in [9.17, 15) is 22.8 Å². The van der Waals surface area contributed by atoms with Crippen LogP contribution in [0.5, 0.6) is 0 Å². The maximum atomic E-state index is 12.8. The molecule has 1 aromatic carbocycles. The van der Waals surface area contributed by atoms with Crippen molar-refractivity contribution in [2.24, 2.45) is 0 Å². The molecule has 1 aliphatic carbocycles. The molecule has 1 amide bonds. The van der Waals surface area contributed by atoms with Crippen LogP contribution in [0.2, 0.25) is 0 Å². The first-order chi connectivity index (χ1) is 10.7. The summed E-state index contributed by atoms with van der Waals surface area (Å²) in [5, 5.41) is 11.6. The molecule has 1 atom stereocenters. The second-order valence-corrected chi connectivity index (χ2v) is 5.81. The number of carbonyl (C=O) groups is 2. The fourth-order valence-electron chi connectivity index (χ4n) is 2.61. The van der Waals surface area contributed by atoms with Gasteiger partial charge in [-0.05, 0) is 30.9 Å². The number of aliphatic carboxylic acids is 1. The minimum absolute atomic E-state index is 0.278. The molecule has 0 bridgehead atoms. The van der Waals surface area contributed by atoms with Gasteiger partial charge in [-0.1, -0.05) is 31.5 Å². The first-order valence-corrected chi connectivity index (χ1v) is 7.42. The van der Waals surface area contributed by atoms with Crippen LogP contribution in [-0.4, -0.2) is 23.0 Å². The molecule has 0 aromatic heterocycles. The fraction of sp³-hybridized carbons (Fsp3) is 0.500. The molecule has 1 saturated carbocycles. The van der Waals surface area contributed by atoms with Gasteiger partial charge >= 0.3 is 12.1 Å². The zero-order valence-corrected chi connectivity index (χ0v) is 12.6. The Morgan fingerprint density at radius 3 is 2.48 bits per heavy atom. The predicted octanol–water partition coefficient (Wildman–Crippen LogP) is 3.11. The van der Waals surface area contributed by atoms with Gasteiger partial charge in [-0.25, -0.2) is 4.79 Å². The summed E-state index contributed by atoms with van der Waals surface area (Å²) in [4.78, 5) is 23.6. The summed E-state index contributed by atoms with van der Waals surface area (Å²) in [6, 6.07) is 3.66. The number of carbonyl (C=O) groups excluding carboxylic acids is 1. The van der Waals surface area contributed by atoms with Gasteiger partial charge in [0, 0.05) is 0 Å². The summed E-state index contributed by atoms with van der Waals surface area (Å²) in [5.74, 6) is -1.65. The molecule has 0 radical (unpaired) electrons.